The van der Waals surface area contributed by atoms with Gasteiger partial charge in [-0.2, -0.15) is 0 Å². The first-order valence-electron chi connectivity index (χ1n) is 4.74. The second-order valence-electron chi connectivity index (χ2n) is 3.38. The molecule has 0 aliphatic rings. The van der Waals surface area contributed by atoms with Crippen LogP contribution in [0.1, 0.15) is 15.2 Å². The summed E-state index contributed by atoms with van der Waals surface area (Å²) >= 11 is 10.7. The first-order valence-corrected chi connectivity index (χ1v) is 6.73. The number of aryl methyl sites for hydroxylation is 1. The van der Waals surface area contributed by atoms with Gasteiger partial charge in [0.05, 0.1) is 25.6 Å². The van der Waals surface area contributed by atoms with Gasteiger partial charge < -0.3 is 5.32 Å². The highest BCUT2D eigenvalue weighted by Crippen LogP contribution is 2.28. The van der Waals surface area contributed by atoms with E-state index in [1.165, 1.54) is 17.5 Å². The van der Waals surface area contributed by atoms with Gasteiger partial charge in [-0.25, -0.2) is 0 Å². The standard InChI is InChI=1S/C11H8BrClN2OS/c1-6-4-9(17-10(6)12)11(16)15-8-5-14-3-2-7(8)13/h2-5H,1H3,(H,15,16). The second kappa shape index (κ2) is 5.16. The molecule has 2 aromatic rings. The molecule has 0 aliphatic heterocycles. The third kappa shape index (κ3) is 2.86. The number of nitrogens with zero attached hydrogens (tertiary/aromatic N) is 1. The molecule has 1 amide bonds. The number of hydrogen-bond donors (Lipinski definition) is 1. The molecule has 0 saturated heterocycles. The van der Waals surface area contributed by atoms with Crippen molar-refractivity contribution in [1.82, 2.24) is 4.98 Å². The molecule has 0 atom stereocenters. The van der Waals surface area contributed by atoms with Gasteiger partial charge in [0.15, 0.2) is 0 Å². The van der Waals surface area contributed by atoms with Gasteiger partial charge in [-0.1, -0.05) is 11.6 Å². The van der Waals surface area contributed by atoms with Gasteiger partial charge in [0.1, 0.15) is 0 Å². The van der Waals surface area contributed by atoms with E-state index in [9.17, 15) is 4.79 Å². The Morgan fingerprint density at radius 1 is 1.59 bits per heavy atom. The molecule has 0 unspecified atom stereocenters. The molecule has 88 valence electrons. The van der Waals surface area contributed by atoms with Crippen LogP contribution in [0.2, 0.25) is 5.02 Å². The SMILES string of the molecule is Cc1cc(C(=O)Nc2cnccc2Cl)sc1Br. The average Bonchev–Trinajstić information content (AvgIpc) is 2.63. The van der Waals surface area contributed by atoms with Crippen molar-refractivity contribution in [3.8, 4) is 0 Å². The van der Waals surface area contributed by atoms with Crippen molar-refractivity contribution in [1.29, 1.82) is 0 Å². The Kier molecular flexibility index (Phi) is 3.81. The van der Waals surface area contributed by atoms with Crippen molar-refractivity contribution in [2.45, 2.75) is 6.92 Å². The van der Waals surface area contributed by atoms with E-state index < -0.39 is 0 Å². The zero-order valence-corrected chi connectivity index (χ0v) is 12.0. The highest BCUT2D eigenvalue weighted by molar-refractivity contribution is 9.11. The first-order chi connectivity index (χ1) is 8.08. The van der Waals surface area contributed by atoms with Gasteiger partial charge in [-0.05, 0) is 40.5 Å². The van der Waals surface area contributed by atoms with E-state index in [4.69, 9.17) is 11.6 Å². The summed E-state index contributed by atoms with van der Waals surface area (Å²) in [5.41, 5.74) is 1.55. The summed E-state index contributed by atoms with van der Waals surface area (Å²) in [4.78, 5) is 16.5. The van der Waals surface area contributed by atoms with Gasteiger partial charge in [0.2, 0.25) is 0 Å². The predicted octanol–water partition coefficient (Wildman–Crippen LogP) is 4.12. The Hall–Kier alpha value is -0.910. The quantitative estimate of drug-likeness (QED) is 0.899. The van der Waals surface area contributed by atoms with Gasteiger partial charge >= 0.3 is 0 Å². The number of anilines is 1. The first kappa shape index (κ1) is 12.5. The summed E-state index contributed by atoms with van der Waals surface area (Å²) in [6, 6.07) is 3.46. The molecule has 0 bridgehead atoms. The molecule has 1 N–H and O–H groups in total. The topological polar surface area (TPSA) is 42.0 Å². The Bertz CT molecular complexity index is 551. The maximum absolute atomic E-state index is 11.9. The lowest BCUT2D eigenvalue weighted by atomic mass is 10.3. The molecular formula is C11H8BrClN2OS. The monoisotopic (exact) mass is 330 g/mol. The van der Waals surface area contributed by atoms with Crippen LogP contribution in [0.5, 0.6) is 0 Å². The molecule has 0 saturated carbocycles. The maximum atomic E-state index is 11.9. The molecule has 17 heavy (non-hydrogen) atoms. The molecule has 6 heteroatoms. The van der Waals surface area contributed by atoms with Crippen LogP contribution in [-0.4, -0.2) is 10.9 Å². The van der Waals surface area contributed by atoms with Crippen molar-refractivity contribution in [3.05, 3.63) is 43.8 Å². The van der Waals surface area contributed by atoms with Crippen molar-refractivity contribution < 1.29 is 4.79 Å². The number of carbonyl (C=O) groups excluding carboxylic acids is 1. The summed E-state index contributed by atoms with van der Waals surface area (Å²) in [5.74, 6) is -0.182. The molecule has 2 heterocycles. The predicted molar refractivity (Wildman–Crippen MR) is 74.0 cm³/mol. The molecule has 0 radical (unpaired) electrons. The summed E-state index contributed by atoms with van der Waals surface area (Å²) in [5, 5.41) is 3.20. The van der Waals surface area contributed by atoms with E-state index in [1.807, 2.05) is 13.0 Å². The fourth-order valence-electron chi connectivity index (χ4n) is 1.23. The largest absolute Gasteiger partial charge is 0.319 e. The Balaban J connectivity index is 2.20. The van der Waals surface area contributed by atoms with Crippen LogP contribution in [0.4, 0.5) is 5.69 Å². The van der Waals surface area contributed by atoms with Gasteiger partial charge in [0, 0.05) is 6.20 Å². The number of amides is 1. The number of nitrogens with one attached hydrogen (secondary N) is 1. The molecule has 2 aromatic heterocycles. The van der Waals surface area contributed by atoms with Gasteiger partial charge in [-0.15, -0.1) is 11.3 Å². The van der Waals surface area contributed by atoms with E-state index >= 15 is 0 Å². The smallest absolute Gasteiger partial charge is 0.265 e. The number of aromatic nitrogens is 1. The van der Waals surface area contributed by atoms with Crippen molar-refractivity contribution in [2.75, 3.05) is 5.32 Å². The number of halogens is 2. The summed E-state index contributed by atoms with van der Waals surface area (Å²) in [6.07, 6.45) is 3.10. The lowest BCUT2D eigenvalue weighted by Crippen LogP contribution is -2.10. The minimum Gasteiger partial charge on any atom is -0.319 e. The van der Waals surface area contributed by atoms with Crippen molar-refractivity contribution >= 4 is 50.5 Å². The van der Waals surface area contributed by atoms with Crippen LogP contribution in [0.25, 0.3) is 0 Å². The van der Waals surface area contributed by atoms with E-state index in [2.05, 4.69) is 26.2 Å². The number of rotatable bonds is 2. The second-order valence-corrected chi connectivity index (χ2v) is 6.15. The van der Waals surface area contributed by atoms with Gasteiger partial charge in [0.25, 0.3) is 5.91 Å². The number of hydrogen-bond acceptors (Lipinski definition) is 3. The Labute approximate surface area is 116 Å². The minimum absolute atomic E-state index is 0.182. The Morgan fingerprint density at radius 3 is 2.94 bits per heavy atom. The summed E-state index contributed by atoms with van der Waals surface area (Å²) in [7, 11) is 0. The number of carbonyl (C=O) groups is 1. The third-order valence-corrected chi connectivity index (χ3v) is 4.56. The third-order valence-electron chi connectivity index (χ3n) is 2.10. The van der Waals surface area contributed by atoms with Crippen molar-refractivity contribution in [2.24, 2.45) is 0 Å². The zero-order chi connectivity index (χ0) is 12.4. The van der Waals surface area contributed by atoms with Crippen LogP contribution in [0, 0.1) is 6.92 Å². The molecule has 2 rings (SSSR count). The highest BCUT2D eigenvalue weighted by atomic mass is 79.9. The molecule has 0 aliphatic carbocycles. The van der Waals surface area contributed by atoms with Crippen LogP contribution in [0.3, 0.4) is 0 Å². The lowest BCUT2D eigenvalue weighted by molar-refractivity contribution is 0.103. The average molecular weight is 332 g/mol. The van der Waals surface area contributed by atoms with E-state index in [-0.39, 0.29) is 5.91 Å². The number of pyridine rings is 1. The fraction of sp³-hybridized carbons (Fsp3) is 0.0909. The fourth-order valence-corrected chi connectivity index (χ4v) is 2.81. The molecule has 0 spiro atoms. The maximum Gasteiger partial charge on any atom is 0.265 e. The molecular weight excluding hydrogens is 324 g/mol. The summed E-state index contributed by atoms with van der Waals surface area (Å²) < 4.78 is 0.958. The van der Waals surface area contributed by atoms with Gasteiger partial charge in [-0.3, -0.25) is 9.78 Å². The lowest BCUT2D eigenvalue weighted by Gasteiger charge is -2.04. The summed E-state index contributed by atoms with van der Waals surface area (Å²) in [6.45, 7) is 1.94. The minimum atomic E-state index is -0.182. The van der Waals surface area contributed by atoms with Crippen LogP contribution in [0.15, 0.2) is 28.3 Å². The van der Waals surface area contributed by atoms with E-state index in [1.54, 1.807) is 12.3 Å². The normalized spacial score (nSPS) is 10.3. The molecule has 0 fully saturated rings. The van der Waals surface area contributed by atoms with E-state index in [0.717, 1.165) is 9.35 Å². The molecule has 3 nitrogen and oxygen atoms in total. The highest BCUT2D eigenvalue weighted by Gasteiger charge is 2.12. The number of thiophene rings is 1. The van der Waals surface area contributed by atoms with Crippen LogP contribution >= 0.6 is 38.9 Å². The van der Waals surface area contributed by atoms with Crippen LogP contribution < -0.4 is 5.32 Å². The van der Waals surface area contributed by atoms with Crippen molar-refractivity contribution in [3.63, 3.8) is 0 Å². The van der Waals surface area contributed by atoms with E-state index in [0.29, 0.717) is 15.6 Å². The Morgan fingerprint density at radius 2 is 2.35 bits per heavy atom. The molecule has 0 aromatic carbocycles. The van der Waals surface area contributed by atoms with Crippen LogP contribution in [-0.2, 0) is 0 Å². The zero-order valence-electron chi connectivity index (χ0n) is 8.83.